The lowest BCUT2D eigenvalue weighted by Crippen LogP contribution is -1.91. The summed E-state index contributed by atoms with van der Waals surface area (Å²) in [5.74, 6) is 0. The van der Waals surface area contributed by atoms with Gasteiger partial charge in [0.2, 0.25) is 0 Å². The number of fused-ring (bicyclic) bond motifs is 1. The van der Waals surface area contributed by atoms with Gasteiger partial charge in [0.25, 0.3) is 0 Å². The number of anilines is 1. The Hall–Kier alpha value is -1.28. The van der Waals surface area contributed by atoms with E-state index in [9.17, 15) is 0 Å². The van der Waals surface area contributed by atoms with Crippen LogP contribution < -0.4 is 5.73 Å². The first-order chi connectivity index (χ1) is 6.20. The van der Waals surface area contributed by atoms with E-state index in [2.05, 4.69) is 4.98 Å². The van der Waals surface area contributed by atoms with Gasteiger partial charge < -0.3 is 5.73 Å². The number of nitrogen functional groups attached to an aromatic ring is 1. The smallest absolute Gasteiger partial charge is 0.0946 e. The molecule has 1 heterocycles. The van der Waals surface area contributed by atoms with Crippen LogP contribution in [-0.2, 0) is 0 Å². The number of rotatable bonds is 0. The molecular formula is C10H9ClN2. The molecule has 0 radical (unpaired) electrons. The maximum atomic E-state index is 6.10. The van der Waals surface area contributed by atoms with Gasteiger partial charge in [-0.2, -0.15) is 0 Å². The van der Waals surface area contributed by atoms with Crippen LogP contribution in [0.3, 0.4) is 0 Å². The Morgan fingerprint density at radius 1 is 1.46 bits per heavy atom. The van der Waals surface area contributed by atoms with E-state index in [0.717, 1.165) is 21.5 Å². The third kappa shape index (κ3) is 1.23. The summed E-state index contributed by atoms with van der Waals surface area (Å²) in [5.41, 5.74) is 8.24. The average molecular weight is 193 g/mol. The SMILES string of the molecule is Cc1cc(N)c2ncccc2c1Cl. The van der Waals surface area contributed by atoms with Gasteiger partial charge in [0.1, 0.15) is 0 Å². The molecule has 13 heavy (non-hydrogen) atoms. The number of hydrogen-bond donors (Lipinski definition) is 1. The number of benzene rings is 1. The van der Waals surface area contributed by atoms with Crippen LogP contribution in [0.5, 0.6) is 0 Å². The molecule has 3 heteroatoms. The first-order valence-corrected chi connectivity index (χ1v) is 4.37. The van der Waals surface area contributed by atoms with Gasteiger partial charge in [0, 0.05) is 11.6 Å². The summed E-state index contributed by atoms with van der Waals surface area (Å²) in [6, 6.07) is 5.62. The van der Waals surface area contributed by atoms with Crippen molar-refractivity contribution in [2.45, 2.75) is 6.92 Å². The molecule has 0 aliphatic rings. The number of nitrogens with zero attached hydrogens (tertiary/aromatic N) is 1. The van der Waals surface area contributed by atoms with Gasteiger partial charge in [-0.3, -0.25) is 4.98 Å². The fraction of sp³-hybridized carbons (Fsp3) is 0.100. The lowest BCUT2D eigenvalue weighted by molar-refractivity contribution is 1.39. The third-order valence-corrected chi connectivity index (χ3v) is 2.54. The fourth-order valence-corrected chi connectivity index (χ4v) is 1.60. The van der Waals surface area contributed by atoms with Crippen molar-refractivity contribution in [3.63, 3.8) is 0 Å². The number of aromatic nitrogens is 1. The summed E-state index contributed by atoms with van der Waals surface area (Å²) >= 11 is 6.10. The molecule has 2 aromatic rings. The highest BCUT2D eigenvalue weighted by Crippen LogP contribution is 2.29. The minimum absolute atomic E-state index is 0.678. The molecule has 0 atom stereocenters. The van der Waals surface area contributed by atoms with Crippen molar-refractivity contribution < 1.29 is 0 Å². The van der Waals surface area contributed by atoms with E-state index < -0.39 is 0 Å². The largest absolute Gasteiger partial charge is 0.397 e. The molecular weight excluding hydrogens is 184 g/mol. The maximum absolute atomic E-state index is 6.10. The van der Waals surface area contributed by atoms with Crippen molar-refractivity contribution >= 4 is 28.2 Å². The molecule has 0 aliphatic carbocycles. The summed E-state index contributed by atoms with van der Waals surface area (Å²) in [5, 5.41) is 1.65. The first kappa shape index (κ1) is 8.32. The Kier molecular flexibility index (Phi) is 1.85. The third-order valence-electron chi connectivity index (χ3n) is 2.04. The fourth-order valence-electron chi connectivity index (χ4n) is 1.39. The number of pyridine rings is 1. The minimum atomic E-state index is 0.678. The van der Waals surface area contributed by atoms with E-state index in [1.54, 1.807) is 6.20 Å². The summed E-state index contributed by atoms with van der Waals surface area (Å²) in [6.07, 6.45) is 1.71. The van der Waals surface area contributed by atoms with Crippen molar-refractivity contribution in [1.29, 1.82) is 0 Å². The average Bonchev–Trinajstić information content (AvgIpc) is 2.15. The lowest BCUT2D eigenvalue weighted by atomic mass is 10.1. The highest BCUT2D eigenvalue weighted by atomic mass is 35.5. The second-order valence-electron chi connectivity index (χ2n) is 3.00. The zero-order valence-corrected chi connectivity index (χ0v) is 7.97. The van der Waals surface area contributed by atoms with E-state index in [1.807, 2.05) is 25.1 Å². The highest BCUT2D eigenvalue weighted by Gasteiger charge is 2.05. The Morgan fingerprint density at radius 3 is 3.00 bits per heavy atom. The van der Waals surface area contributed by atoms with Gasteiger partial charge in [-0.25, -0.2) is 0 Å². The molecule has 0 spiro atoms. The van der Waals surface area contributed by atoms with E-state index in [4.69, 9.17) is 17.3 Å². The molecule has 0 amide bonds. The summed E-state index contributed by atoms with van der Waals surface area (Å²) in [7, 11) is 0. The molecule has 1 aromatic carbocycles. The van der Waals surface area contributed by atoms with Crippen LogP contribution >= 0.6 is 11.6 Å². The van der Waals surface area contributed by atoms with E-state index in [1.165, 1.54) is 0 Å². The van der Waals surface area contributed by atoms with Crippen LogP contribution in [0.2, 0.25) is 5.02 Å². The zero-order valence-electron chi connectivity index (χ0n) is 7.21. The predicted octanol–water partition coefficient (Wildman–Crippen LogP) is 2.78. The van der Waals surface area contributed by atoms with Crippen LogP contribution in [0.25, 0.3) is 10.9 Å². The monoisotopic (exact) mass is 192 g/mol. The Balaban J connectivity index is 2.97. The van der Waals surface area contributed by atoms with Gasteiger partial charge in [-0.15, -0.1) is 0 Å². The van der Waals surface area contributed by atoms with Gasteiger partial charge in [0.05, 0.1) is 16.2 Å². The lowest BCUT2D eigenvalue weighted by Gasteiger charge is -2.05. The predicted molar refractivity (Wildman–Crippen MR) is 55.9 cm³/mol. The van der Waals surface area contributed by atoms with Crippen LogP contribution in [0.15, 0.2) is 24.4 Å². The van der Waals surface area contributed by atoms with E-state index in [-0.39, 0.29) is 0 Å². The topological polar surface area (TPSA) is 38.9 Å². The first-order valence-electron chi connectivity index (χ1n) is 3.99. The van der Waals surface area contributed by atoms with Crippen molar-refractivity contribution in [2.24, 2.45) is 0 Å². The second kappa shape index (κ2) is 2.89. The van der Waals surface area contributed by atoms with E-state index in [0.29, 0.717) is 5.69 Å². The molecule has 1 aromatic heterocycles. The van der Waals surface area contributed by atoms with Crippen molar-refractivity contribution in [1.82, 2.24) is 4.98 Å². The Labute approximate surface area is 81.3 Å². The molecule has 0 saturated carbocycles. The number of aryl methyl sites for hydroxylation is 1. The van der Waals surface area contributed by atoms with Gasteiger partial charge in [-0.1, -0.05) is 11.6 Å². The number of halogens is 1. The van der Waals surface area contributed by atoms with Gasteiger partial charge in [0.15, 0.2) is 0 Å². The number of hydrogen-bond acceptors (Lipinski definition) is 2. The normalized spacial score (nSPS) is 10.6. The van der Waals surface area contributed by atoms with Crippen molar-refractivity contribution in [3.05, 3.63) is 35.0 Å². The highest BCUT2D eigenvalue weighted by molar-refractivity contribution is 6.36. The van der Waals surface area contributed by atoms with Crippen LogP contribution in [-0.4, -0.2) is 4.98 Å². The quantitative estimate of drug-likeness (QED) is 0.652. The summed E-state index contributed by atoms with van der Waals surface area (Å²) in [6.45, 7) is 1.94. The molecule has 0 saturated heterocycles. The Bertz CT molecular complexity index is 466. The minimum Gasteiger partial charge on any atom is -0.397 e. The molecule has 0 aliphatic heterocycles. The molecule has 2 rings (SSSR count). The summed E-state index contributed by atoms with van der Waals surface area (Å²) < 4.78 is 0. The molecule has 0 unspecified atom stereocenters. The van der Waals surface area contributed by atoms with Crippen molar-refractivity contribution in [3.8, 4) is 0 Å². The second-order valence-corrected chi connectivity index (χ2v) is 3.37. The van der Waals surface area contributed by atoms with Gasteiger partial charge >= 0.3 is 0 Å². The Morgan fingerprint density at radius 2 is 2.23 bits per heavy atom. The molecule has 0 fully saturated rings. The van der Waals surface area contributed by atoms with E-state index >= 15 is 0 Å². The van der Waals surface area contributed by atoms with Crippen LogP contribution in [0.4, 0.5) is 5.69 Å². The standard InChI is InChI=1S/C10H9ClN2/c1-6-5-8(12)10-7(9(6)11)3-2-4-13-10/h2-5H,12H2,1H3. The number of nitrogens with two attached hydrogens (primary N) is 1. The van der Waals surface area contributed by atoms with Crippen LogP contribution in [0, 0.1) is 6.92 Å². The van der Waals surface area contributed by atoms with Crippen molar-refractivity contribution in [2.75, 3.05) is 5.73 Å². The molecule has 2 nitrogen and oxygen atoms in total. The van der Waals surface area contributed by atoms with Crippen LogP contribution in [0.1, 0.15) is 5.56 Å². The zero-order chi connectivity index (χ0) is 9.42. The molecule has 2 N–H and O–H groups in total. The summed E-state index contributed by atoms with van der Waals surface area (Å²) in [4.78, 5) is 4.17. The maximum Gasteiger partial charge on any atom is 0.0946 e. The van der Waals surface area contributed by atoms with Gasteiger partial charge in [-0.05, 0) is 30.7 Å². The molecule has 66 valence electrons. The molecule has 0 bridgehead atoms.